The first-order valence-electron chi connectivity index (χ1n) is 10.8. The van der Waals surface area contributed by atoms with Gasteiger partial charge < -0.3 is 19.5 Å². The topological polar surface area (TPSA) is 42.3 Å². The number of halogens is 1. The Kier molecular flexibility index (Phi) is 6.03. The molecule has 3 heterocycles. The van der Waals surface area contributed by atoms with E-state index in [9.17, 15) is 0 Å². The molecule has 2 atom stereocenters. The number of hydrogen-bond donors (Lipinski definition) is 1. The van der Waals surface area contributed by atoms with E-state index in [4.69, 9.17) is 28.6 Å². The van der Waals surface area contributed by atoms with Crippen LogP contribution in [-0.4, -0.2) is 21.3 Å². The van der Waals surface area contributed by atoms with Crippen LogP contribution in [0.1, 0.15) is 30.4 Å². The van der Waals surface area contributed by atoms with E-state index in [-0.39, 0.29) is 12.1 Å². The minimum absolute atomic E-state index is 0.126. The molecule has 1 N–H and O–H groups in total. The summed E-state index contributed by atoms with van der Waals surface area (Å²) in [5.74, 6) is 0.833. The Labute approximate surface area is 203 Å². The molecule has 166 valence electrons. The molecule has 0 radical (unpaired) electrons. The zero-order valence-electron chi connectivity index (χ0n) is 18.1. The molecule has 1 saturated heterocycles. The lowest BCUT2D eigenvalue weighted by Crippen LogP contribution is -2.30. The van der Waals surface area contributed by atoms with E-state index in [1.165, 1.54) is 0 Å². The second kappa shape index (κ2) is 9.25. The third kappa shape index (κ3) is 4.19. The second-order valence-corrected chi connectivity index (χ2v) is 8.53. The summed E-state index contributed by atoms with van der Waals surface area (Å²) >= 11 is 12.1. The molecule has 7 heteroatoms. The summed E-state index contributed by atoms with van der Waals surface area (Å²) < 4.78 is 7.79. The van der Waals surface area contributed by atoms with Crippen molar-refractivity contribution in [3.63, 3.8) is 0 Å². The van der Waals surface area contributed by atoms with Gasteiger partial charge in [0.05, 0.1) is 18.3 Å². The minimum Gasteiger partial charge on any atom is -0.494 e. The lowest BCUT2D eigenvalue weighted by molar-refractivity contribution is 0.340. The van der Waals surface area contributed by atoms with Crippen LogP contribution in [-0.2, 0) is 0 Å². The lowest BCUT2D eigenvalue weighted by Gasteiger charge is -2.29. The van der Waals surface area contributed by atoms with Crippen molar-refractivity contribution in [3.8, 4) is 11.4 Å². The van der Waals surface area contributed by atoms with Gasteiger partial charge in [-0.2, -0.15) is 0 Å². The molecule has 4 aromatic rings. The van der Waals surface area contributed by atoms with Gasteiger partial charge in [0.2, 0.25) is 0 Å². The van der Waals surface area contributed by atoms with Crippen LogP contribution < -0.4 is 15.0 Å². The number of hydrogen-bond acceptors (Lipinski definition) is 3. The summed E-state index contributed by atoms with van der Waals surface area (Å²) in [6.45, 7) is 2.60. The Bertz CT molecular complexity index is 1260. The molecule has 33 heavy (non-hydrogen) atoms. The van der Waals surface area contributed by atoms with Crippen molar-refractivity contribution in [1.82, 2.24) is 14.9 Å². The van der Waals surface area contributed by atoms with Gasteiger partial charge in [-0.3, -0.25) is 4.98 Å². The van der Waals surface area contributed by atoms with Crippen molar-refractivity contribution in [3.05, 3.63) is 108 Å². The number of pyridine rings is 1. The first kappa shape index (κ1) is 21.5. The van der Waals surface area contributed by atoms with E-state index in [1.54, 1.807) is 0 Å². The number of nitrogens with one attached hydrogen (secondary N) is 1. The maximum Gasteiger partial charge on any atom is 0.174 e. The quantitative estimate of drug-likeness (QED) is 0.342. The van der Waals surface area contributed by atoms with Crippen LogP contribution >= 0.6 is 23.8 Å². The summed E-state index contributed by atoms with van der Waals surface area (Å²) in [7, 11) is 0. The fourth-order valence-electron chi connectivity index (χ4n) is 4.30. The maximum absolute atomic E-state index is 6.31. The highest BCUT2D eigenvalue weighted by atomic mass is 35.5. The van der Waals surface area contributed by atoms with Crippen LogP contribution in [0.3, 0.4) is 0 Å². The summed E-state index contributed by atoms with van der Waals surface area (Å²) in [4.78, 5) is 6.79. The molecule has 2 aromatic carbocycles. The highest BCUT2D eigenvalue weighted by Crippen LogP contribution is 2.42. The molecule has 0 saturated carbocycles. The largest absolute Gasteiger partial charge is 0.494 e. The van der Waals surface area contributed by atoms with E-state index in [0.29, 0.717) is 16.7 Å². The summed E-state index contributed by atoms with van der Waals surface area (Å²) in [6.07, 6.45) is 3.86. The van der Waals surface area contributed by atoms with Crippen LogP contribution in [0.4, 0.5) is 5.69 Å². The number of ether oxygens (including phenoxy) is 1. The van der Waals surface area contributed by atoms with E-state index < -0.39 is 0 Å². The monoisotopic (exact) mass is 474 g/mol. The Morgan fingerprint density at radius 3 is 2.58 bits per heavy atom. The molecular weight excluding hydrogens is 452 g/mol. The van der Waals surface area contributed by atoms with Gasteiger partial charge in [0, 0.05) is 34.5 Å². The van der Waals surface area contributed by atoms with E-state index in [0.717, 1.165) is 28.5 Å². The average Bonchev–Trinajstić information content (AvgIpc) is 3.45. The van der Waals surface area contributed by atoms with Gasteiger partial charge in [-0.1, -0.05) is 23.7 Å². The SMILES string of the molecule is CCOc1ccc(N2C(=S)N[C@@H](c3ccccn3)[C@@H]2c2cccn2-c2cccc(Cl)c2)cc1. The number of anilines is 1. The maximum atomic E-state index is 6.31. The highest BCUT2D eigenvalue weighted by Gasteiger charge is 2.42. The smallest absolute Gasteiger partial charge is 0.174 e. The van der Waals surface area contributed by atoms with Gasteiger partial charge in [-0.25, -0.2) is 0 Å². The van der Waals surface area contributed by atoms with Gasteiger partial charge in [-0.05, 0) is 85.9 Å². The number of rotatable bonds is 6. The van der Waals surface area contributed by atoms with Crippen molar-refractivity contribution in [2.24, 2.45) is 0 Å². The molecule has 0 amide bonds. The van der Waals surface area contributed by atoms with Gasteiger partial charge in [-0.15, -0.1) is 0 Å². The average molecular weight is 475 g/mol. The fourth-order valence-corrected chi connectivity index (χ4v) is 4.83. The van der Waals surface area contributed by atoms with Gasteiger partial charge in [0.25, 0.3) is 0 Å². The molecule has 0 aliphatic carbocycles. The molecule has 0 spiro atoms. The van der Waals surface area contributed by atoms with Gasteiger partial charge in [0.1, 0.15) is 11.8 Å². The van der Waals surface area contributed by atoms with Crippen LogP contribution in [0.15, 0.2) is 91.3 Å². The molecule has 2 aromatic heterocycles. The van der Waals surface area contributed by atoms with Gasteiger partial charge >= 0.3 is 0 Å². The van der Waals surface area contributed by atoms with Gasteiger partial charge in [0.15, 0.2) is 5.11 Å². The number of aromatic nitrogens is 2. The number of thiocarbonyl (C=S) groups is 1. The number of nitrogens with zero attached hydrogens (tertiary/aromatic N) is 3. The summed E-state index contributed by atoms with van der Waals surface area (Å²) in [6, 6.07) is 25.7. The number of benzene rings is 2. The highest BCUT2D eigenvalue weighted by molar-refractivity contribution is 7.80. The molecule has 0 bridgehead atoms. The van der Waals surface area contributed by atoms with E-state index >= 15 is 0 Å². The standard InChI is InChI=1S/C26H23ClN4OS/c1-2-32-21-13-11-19(12-14-21)31-25(24(29-26(31)33)22-9-3-4-15-28-22)23-10-6-16-30(23)20-8-5-7-18(27)17-20/h3-17,24-25H,2H2,1H3,(H,29,33)/t24-,25-/m0/s1. The van der Waals surface area contributed by atoms with Crippen LogP contribution in [0.5, 0.6) is 5.75 Å². The minimum atomic E-state index is -0.127. The third-order valence-electron chi connectivity index (χ3n) is 5.69. The predicted octanol–water partition coefficient (Wildman–Crippen LogP) is 6.10. The summed E-state index contributed by atoms with van der Waals surface area (Å²) in [5.41, 5.74) is 3.98. The molecule has 5 rings (SSSR count). The lowest BCUT2D eigenvalue weighted by atomic mass is 10.0. The van der Waals surface area contributed by atoms with Crippen LogP contribution in [0.25, 0.3) is 5.69 Å². The molecule has 1 aliphatic heterocycles. The van der Waals surface area contributed by atoms with Crippen molar-refractivity contribution < 1.29 is 4.74 Å². The zero-order valence-corrected chi connectivity index (χ0v) is 19.6. The first-order chi connectivity index (χ1) is 16.2. The Hall–Kier alpha value is -3.35. The Morgan fingerprint density at radius 1 is 1.00 bits per heavy atom. The second-order valence-electron chi connectivity index (χ2n) is 7.71. The third-order valence-corrected chi connectivity index (χ3v) is 6.24. The molecular formula is C26H23ClN4OS. The summed E-state index contributed by atoms with van der Waals surface area (Å²) in [5, 5.41) is 4.85. The molecule has 1 aliphatic rings. The molecule has 5 nitrogen and oxygen atoms in total. The first-order valence-corrected chi connectivity index (χ1v) is 11.6. The Balaban J connectivity index is 1.63. The van der Waals surface area contributed by atoms with E-state index in [1.807, 2.05) is 92.1 Å². The van der Waals surface area contributed by atoms with E-state index in [2.05, 4.69) is 25.8 Å². The van der Waals surface area contributed by atoms with Crippen molar-refractivity contribution in [1.29, 1.82) is 0 Å². The predicted molar refractivity (Wildman–Crippen MR) is 136 cm³/mol. The van der Waals surface area contributed by atoms with Crippen molar-refractivity contribution in [2.75, 3.05) is 11.5 Å². The van der Waals surface area contributed by atoms with Crippen molar-refractivity contribution in [2.45, 2.75) is 19.0 Å². The van der Waals surface area contributed by atoms with Crippen LogP contribution in [0, 0.1) is 0 Å². The van der Waals surface area contributed by atoms with Crippen molar-refractivity contribution >= 4 is 34.6 Å². The fraction of sp³-hybridized carbons (Fsp3) is 0.154. The molecule has 0 unspecified atom stereocenters. The normalized spacial score (nSPS) is 17.8. The Morgan fingerprint density at radius 2 is 1.85 bits per heavy atom. The zero-order chi connectivity index (χ0) is 22.8. The van der Waals surface area contributed by atoms with Crippen LogP contribution in [0.2, 0.25) is 5.02 Å². The molecule has 1 fully saturated rings.